The zero-order valence-electron chi connectivity index (χ0n) is 16.9. The molecule has 0 spiro atoms. The second-order valence-corrected chi connectivity index (χ2v) is 7.51. The van der Waals surface area contributed by atoms with Crippen LogP contribution < -0.4 is 10.1 Å². The molecule has 0 aliphatic carbocycles. The number of benzene rings is 3. The first-order valence-electron chi connectivity index (χ1n) is 10.1. The van der Waals surface area contributed by atoms with Gasteiger partial charge in [-0.2, -0.15) is 0 Å². The molecule has 0 bridgehead atoms. The highest BCUT2D eigenvalue weighted by Gasteiger charge is 2.20. The number of ether oxygens (including phenoxy) is 1. The molecule has 0 atom stereocenters. The maximum absolute atomic E-state index is 12.5. The molecule has 1 saturated heterocycles. The van der Waals surface area contributed by atoms with Crippen LogP contribution in [-0.4, -0.2) is 23.3 Å². The summed E-state index contributed by atoms with van der Waals surface area (Å²) in [5, 5.41) is 2.90. The van der Waals surface area contributed by atoms with Gasteiger partial charge in [0.05, 0.1) is 0 Å². The van der Waals surface area contributed by atoms with Gasteiger partial charge in [0.2, 0.25) is 5.91 Å². The van der Waals surface area contributed by atoms with Gasteiger partial charge in [-0.1, -0.05) is 29.8 Å². The molecule has 3 aromatic carbocycles. The minimum Gasteiger partial charge on any atom is -0.457 e. The number of anilines is 1. The molecule has 1 heterocycles. The third-order valence-corrected chi connectivity index (χ3v) is 5.13. The van der Waals surface area contributed by atoms with Crippen molar-refractivity contribution in [2.24, 2.45) is 0 Å². The number of nitrogens with zero attached hydrogens (tertiary/aromatic N) is 1. The summed E-state index contributed by atoms with van der Waals surface area (Å²) in [6, 6.07) is 22.5. The van der Waals surface area contributed by atoms with Crippen LogP contribution in [0.2, 0.25) is 0 Å². The molecule has 30 heavy (non-hydrogen) atoms. The fraction of sp³-hybridized carbons (Fsp3) is 0.200. The van der Waals surface area contributed by atoms with Gasteiger partial charge < -0.3 is 15.0 Å². The van der Waals surface area contributed by atoms with Crippen LogP contribution >= 0.6 is 0 Å². The highest BCUT2D eigenvalue weighted by Crippen LogP contribution is 2.23. The first-order chi connectivity index (χ1) is 14.6. The average Bonchev–Trinajstić information content (AvgIpc) is 3.16. The lowest BCUT2D eigenvalue weighted by molar-refractivity contribution is -0.128. The summed E-state index contributed by atoms with van der Waals surface area (Å²) in [6.45, 7) is 3.44. The molecule has 1 fully saturated rings. The van der Waals surface area contributed by atoms with Gasteiger partial charge in [0.25, 0.3) is 5.91 Å². The van der Waals surface area contributed by atoms with Crippen LogP contribution in [0.1, 0.15) is 34.3 Å². The lowest BCUT2D eigenvalue weighted by Crippen LogP contribution is -2.23. The molecule has 0 saturated carbocycles. The molecule has 0 unspecified atom stereocenters. The van der Waals surface area contributed by atoms with Crippen LogP contribution in [0.25, 0.3) is 0 Å². The molecule has 5 nitrogen and oxygen atoms in total. The maximum atomic E-state index is 12.5. The van der Waals surface area contributed by atoms with Crippen LogP contribution in [-0.2, 0) is 11.3 Å². The van der Waals surface area contributed by atoms with Gasteiger partial charge in [0.1, 0.15) is 11.5 Å². The quantitative estimate of drug-likeness (QED) is 0.622. The summed E-state index contributed by atoms with van der Waals surface area (Å²) < 4.78 is 5.81. The molecule has 1 aliphatic rings. The summed E-state index contributed by atoms with van der Waals surface area (Å²) in [7, 11) is 0. The maximum Gasteiger partial charge on any atom is 0.255 e. The third-order valence-electron chi connectivity index (χ3n) is 5.13. The van der Waals surface area contributed by atoms with Crippen molar-refractivity contribution in [1.82, 2.24) is 4.90 Å². The van der Waals surface area contributed by atoms with E-state index in [9.17, 15) is 9.59 Å². The molecule has 152 valence electrons. The number of hydrogen-bond donors (Lipinski definition) is 1. The SMILES string of the molecule is Cc1ccc(Oc2ccc(NC(=O)c3ccc(CN4CCCC4=O)cc3)cc2)cc1. The highest BCUT2D eigenvalue weighted by atomic mass is 16.5. The Labute approximate surface area is 176 Å². The largest absolute Gasteiger partial charge is 0.457 e. The van der Waals surface area contributed by atoms with Crippen molar-refractivity contribution in [1.29, 1.82) is 0 Å². The molecule has 1 aliphatic heterocycles. The summed E-state index contributed by atoms with van der Waals surface area (Å²) in [4.78, 5) is 26.1. The summed E-state index contributed by atoms with van der Waals surface area (Å²) in [6.07, 6.45) is 1.56. The molecular formula is C25H24N2O3. The van der Waals surface area contributed by atoms with Gasteiger partial charge >= 0.3 is 0 Å². The standard InChI is InChI=1S/C25H24N2O3/c1-18-4-12-22(13-5-18)30-23-14-10-21(11-15-23)26-25(29)20-8-6-19(7-9-20)17-27-16-2-3-24(27)28/h4-15H,2-3,16-17H2,1H3,(H,26,29). The molecule has 0 radical (unpaired) electrons. The second-order valence-electron chi connectivity index (χ2n) is 7.51. The van der Waals surface area contributed by atoms with Crippen molar-refractivity contribution in [2.75, 3.05) is 11.9 Å². The van der Waals surface area contributed by atoms with Crippen LogP contribution in [0.5, 0.6) is 11.5 Å². The van der Waals surface area contributed by atoms with Gasteiger partial charge in [0, 0.05) is 30.8 Å². The Morgan fingerprint density at radius 3 is 2.17 bits per heavy atom. The van der Waals surface area contributed by atoms with E-state index in [2.05, 4.69) is 5.32 Å². The molecule has 3 aromatic rings. The van der Waals surface area contributed by atoms with E-state index in [1.54, 1.807) is 12.1 Å². The van der Waals surface area contributed by atoms with Gasteiger partial charge in [-0.15, -0.1) is 0 Å². The number of carbonyl (C=O) groups is 2. The predicted octanol–water partition coefficient (Wildman–Crippen LogP) is 5.16. The topological polar surface area (TPSA) is 58.6 Å². The second kappa shape index (κ2) is 8.82. The number of amides is 2. The molecule has 4 rings (SSSR count). The zero-order chi connectivity index (χ0) is 20.9. The van der Waals surface area contributed by atoms with Crippen molar-refractivity contribution in [3.8, 4) is 11.5 Å². The van der Waals surface area contributed by atoms with E-state index < -0.39 is 0 Å². The minimum absolute atomic E-state index is 0.175. The van der Waals surface area contributed by atoms with Crippen molar-refractivity contribution < 1.29 is 14.3 Å². The Hall–Kier alpha value is -3.60. The number of carbonyl (C=O) groups excluding carboxylic acids is 2. The van der Waals surface area contributed by atoms with Crippen molar-refractivity contribution >= 4 is 17.5 Å². The number of aryl methyl sites for hydroxylation is 1. The molecule has 2 amide bonds. The van der Waals surface area contributed by atoms with Gasteiger partial charge in [-0.25, -0.2) is 0 Å². The Balaban J connectivity index is 1.34. The number of rotatable bonds is 6. The lowest BCUT2D eigenvalue weighted by Gasteiger charge is -2.15. The Morgan fingerprint density at radius 1 is 0.933 bits per heavy atom. The van der Waals surface area contributed by atoms with Gasteiger partial charge in [-0.05, 0) is 67.4 Å². The fourth-order valence-corrected chi connectivity index (χ4v) is 3.41. The van der Waals surface area contributed by atoms with Crippen molar-refractivity contribution in [3.63, 3.8) is 0 Å². The van der Waals surface area contributed by atoms with Crippen molar-refractivity contribution in [2.45, 2.75) is 26.3 Å². The Kier molecular flexibility index (Phi) is 5.80. The van der Waals surface area contributed by atoms with E-state index in [1.165, 1.54) is 5.56 Å². The van der Waals surface area contributed by atoms with E-state index in [-0.39, 0.29) is 11.8 Å². The van der Waals surface area contributed by atoms with E-state index in [0.29, 0.717) is 30.0 Å². The summed E-state index contributed by atoms with van der Waals surface area (Å²) in [5.41, 5.74) is 3.48. The van der Waals surface area contributed by atoms with Crippen LogP contribution in [0.4, 0.5) is 5.69 Å². The number of hydrogen-bond acceptors (Lipinski definition) is 3. The van der Waals surface area contributed by atoms with Gasteiger partial charge in [0.15, 0.2) is 0 Å². The molecular weight excluding hydrogens is 376 g/mol. The fourth-order valence-electron chi connectivity index (χ4n) is 3.41. The normalized spacial score (nSPS) is 13.4. The average molecular weight is 400 g/mol. The predicted molar refractivity (Wildman–Crippen MR) is 117 cm³/mol. The molecule has 5 heteroatoms. The Morgan fingerprint density at radius 2 is 1.57 bits per heavy atom. The third kappa shape index (κ3) is 4.87. The summed E-state index contributed by atoms with van der Waals surface area (Å²) in [5.74, 6) is 1.50. The zero-order valence-corrected chi connectivity index (χ0v) is 16.9. The van der Waals surface area contributed by atoms with E-state index in [0.717, 1.165) is 24.3 Å². The van der Waals surface area contributed by atoms with Crippen LogP contribution in [0.3, 0.4) is 0 Å². The first kappa shape index (κ1) is 19.7. The first-order valence-corrected chi connectivity index (χ1v) is 10.1. The Bertz CT molecular complexity index is 1030. The highest BCUT2D eigenvalue weighted by molar-refractivity contribution is 6.04. The van der Waals surface area contributed by atoms with Crippen molar-refractivity contribution in [3.05, 3.63) is 89.5 Å². The molecule has 1 N–H and O–H groups in total. The van der Waals surface area contributed by atoms with Crippen LogP contribution in [0, 0.1) is 6.92 Å². The smallest absolute Gasteiger partial charge is 0.255 e. The monoisotopic (exact) mass is 400 g/mol. The number of nitrogens with one attached hydrogen (secondary N) is 1. The van der Waals surface area contributed by atoms with Gasteiger partial charge in [-0.3, -0.25) is 9.59 Å². The molecule has 0 aromatic heterocycles. The van der Waals surface area contributed by atoms with Crippen LogP contribution in [0.15, 0.2) is 72.8 Å². The van der Waals surface area contributed by atoms with E-state index in [4.69, 9.17) is 4.74 Å². The lowest BCUT2D eigenvalue weighted by atomic mass is 10.1. The van der Waals surface area contributed by atoms with E-state index >= 15 is 0 Å². The summed E-state index contributed by atoms with van der Waals surface area (Å²) >= 11 is 0. The van der Waals surface area contributed by atoms with E-state index in [1.807, 2.05) is 72.5 Å². The number of likely N-dealkylation sites (tertiary alicyclic amines) is 1. The minimum atomic E-state index is -0.175.